The van der Waals surface area contributed by atoms with Gasteiger partial charge in [0.05, 0.1) is 21.3 Å². The molecule has 0 amide bonds. The summed E-state index contributed by atoms with van der Waals surface area (Å²) in [4.78, 5) is 0. The zero-order valence-corrected chi connectivity index (χ0v) is 19.5. The van der Waals surface area contributed by atoms with Gasteiger partial charge in [0, 0.05) is 23.3 Å². The van der Waals surface area contributed by atoms with Crippen LogP contribution in [0.15, 0.2) is 103 Å². The predicted molar refractivity (Wildman–Crippen MR) is 133 cm³/mol. The van der Waals surface area contributed by atoms with E-state index in [1.807, 2.05) is 12.1 Å². The first kappa shape index (κ1) is 21.6. The van der Waals surface area contributed by atoms with Crippen molar-refractivity contribution < 1.29 is 18.8 Å². The first-order chi connectivity index (χ1) is 16.7. The van der Waals surface area contributed by atoms with Crippen molar-refractivity contribution in [2.24, 2.45) is 0 Å². The number of para-hydroxylation sites is 2. The van der Waals surface area contributed by atoms with Crippen LogP contribution in [0.25, 0.3) is 16.7 Å². The smallest absolute Gasteiger partial charge is 0.250 e. The van der Waals surface area contributed by atoms with Crippen molar-refractivity contribution in [3.05, 3.63) is 115 Å². The second-order valence-corrected chi connectivity index (χ2v) is 7.99. The Hall–Kier alpha value is -4.25. The number of methoxy groups -OCH3 is 3. The molecule has 5 heteroatoms. The van der Waals surface area contributed by atoms with Gasteiger partial charge in [-0.2, -0.15) is 4.57 Å². The highest BCUT2D eigenvalue weighted by Crippen LogP contribution is 2.40. The van der Waals surface area contributed by atoms with E-state index in [4.69, 9.17) is 14.2 Å². The Labute approximate surface area is 199 Å². The third-order valence-corrected chi connectivity index (χ3v) is 6.10. The number of hydrogen-bond acceptors (Lipinski definition) is 3. The van der Waals surface area contributed by atoms with Gasteiger partial charge >= 0.3 is 0 Å². The van der Waals surface area contributed by atoms with Gasteiger partial charge in [0.15, 0.2) is 28.6 Å². The van der Waals surface area contributed by atoms with E-state index in [9.17, 15) is 0 Å². The maximum atomic E-state index is 5.62. The van der Waals surface area contributed by atoms with E-state index < -0.39 is 0 Å². The van der Waals surface area contributed by atoms with Crippen LogP contribution in [0.2, 0.25) is 0 Å². The van der Waals surface area contributed by atoms with Gasteiger partial charge in [0.2, 0.25) is 5.75 Å². The quantitative estimate of drug-likeness (QED) is 0.303. The molecule has 0 fully saturated rings. The number of hydrogen-bond donors (Lipinski definition) is 0. The van der Waals surface area contributed by atoms with E-state index >= 15 is 0 Å². The molecule has 0 aliphatic rings. The lowest BCUT2D eigenvalue weighted by molar-refractivity contribution is -0.680. The highest BCUT2D eigenvalue weighted by Gasteiger charge is 2.28. The van der Waals surface area contributed by atoms with Crippen LogP contribution in [-0.4, -0.2) is 25.9 Å². The molecular weight excluding hydrogens is 424 g/mol. The Balaban J connectivity index is 1.77. The molecule has 170 valence electrons. The standard InChI is InChI=1S/C29H27N2O3/c1-32-26-18-23(19-27(33-2)29(26)34-3)30-20-31(25-17-11-10-16-24(25)30)28(21-12-6-4-7-13-21)22-14-8-5-9-15-22/h4-20,28H,1-3H3/q+1. The summed E-state index contributed by atoms with van der Waals surface area (Å²) in [5, 5.41) is 0. The Morgan fingerprint density at radius 1 is 0.647 bits per heavy atom. The van der Waals surface area contributed by atoms with Crippen LogP contribution >= 0.6 is 0 Å². The van der Waals surface area contributed by atoms with Crippen molar-refractivity contribution in [1.82, 2.24) is 4.57 Å². The van der Waals surface area contributed by atoms with Crippen molar-refractivity contribution in [3.63, 3.8) is 0 Å². The molecule has 0 radical (unpaired) electrons. The Morgan fingerprint density at radius 3 is 1.71 bits per heavy atom. The monoisotopic (exact) mass is 451 g/mol. The molecule has 0 atom stereocenters. The molecule has 0 saturated heterocycles. The molecule has 0 bridgehead atoms. The van der Waals surface area contributed by atoms with Crippen molar-refractivity contribution in [1.29, 1.82) is 0 Å². The van der Waals surface area contributed by atoms with E-state index in [2.05, 4.69) is 100 Å². The fraction of sp³-hybridized carbons (Fsp3) is 0.138. The van der Waals surface area contributed by atoms with Crippen LogP contribution in [0.1, 0.15) is 17.2 Å². The Kier molecular flexibility index (Phi) is 5.91. The minimum absolute atomic E-state index is 0.00981. The van der Waals surface area contributed by atoms with Gasteiger partial charge in [0.25, 0.3) is 6.33 Å². The number of imidazole rings is 1. The number of ether oxygens (including phenoxy) is 3. The van der Waals surface area contributed by atoms with Crippen LogP contribution < -0.4 is 18.8 Å². The average Bonchev–Trinajstić information content (AvgIpc) is 3.28. The second kappa shape index (κ2) is 9.32. The molecule has 1 aromatic heterocycles. The third-order valence-electron chi connectivity index (χ3n) is 6.10. The number of fused-ring (bicyclic) bond motifs is 1. The molecule has 1 heterocycles. The summed E-state index contributed by atoms with van der Waals surface area (Å²) >= 11 is 0. The lowest BCUT2D eigenvalue weighted by Gasteiger charge is -2.15. The van der Waals surface area contributed by atoms with E-state index in [0.717, 1.165) is 16.7 Å². The highest BCUT2D eigenvalue weighted by atomic mass is 16.5. The molecule has 0 saturated carbocycles. The molecule has 0 aliphatic carbocycles. The molecule has 5 nitrogen and oxygen atoms in total. The SMILES string of the molecule is COc1cc(-n2c[n+](C(c3ccccc3)c3ccccc3)c3ccccc32)cc(OC)c1OC. The maximum Gasteiger partial charge on any atom is 0.250 e. The van der Waals surface area contributed by atoms with E-state index in [1.165, 1.54) is 11.1 Å². The summed E-state index contributed by atoms with van der Waals surface area (Å²) < 4.78 is 21.3. The molecular formula is C29H27N2O3+. The van der Waals surface area contributed by atoms with Crippen LogP contribution in [0.5, 0.6) is 17.2 Å². The third kappa shape index (κ3) is 3.75. The fourth-order valence-corrected chi connectivity index (χ4v) is 4.54. The predicted octanol–water partition coefficient (Wildman–Crippen LogP) is 5.58. The molecule has 34 heavy (non-hydrogen) atoms. The summed E-state index contributed by atoms with van der Waals surface area (Å²) in [7, 11) is 4.88. The van der Waals surface area contributed by atoms with Crippen LogP contribution in [0.4, 0.5) is 0 Å². The van der Waals surface area contributed by atoms with Crippen molar-refractivity contribution in [2.75, 3.05) is 21.3 Å². The molecule has 5 aromatic rings. The van der Waals surface area contributed by atoms with Crippen LogP contribution in [-0.2, 0) is 0 Å². The van der Waals surface area contributed by atoms with Gasteiger partial charge in [-0.15, -0.1) is 0 Å². The van der Waals surface area contributed by atoms with Crippen molar-refractivity contribution in [2.45, 2.75) is 6.04 Å². The van der Waals surface area contributed by atoms with Crippen molar-refractivity contribution >= 4 is 11.0 Å². The van der Waals surface area contributed by atoms with Gasteiger partial charge in [-0.25, -0.2) is 4.57 Å². The summed E-state index contributed by atoms with van der Waals surface area (Å²) in [6.07, 6.45) is 2.15. The number of rotatable bonds is 7. The molecule has 0 spiro atoms. The minimum Gasteiger partial charge on any atom is -0.493 e. The highest BCUT2D eigenvalue weighted by molar-refractivity contribution is 5.75. The van der Waals surface area contributed by atoms with E-state index in [-0.39, 0.29) is 6.04 Å². The average molecular weight is 452 g/mol. The fourth-order valence-electron chi connectivity index (χ4n) is 4.54. The molecule has 4 aromatic carbocycles. The summed E-state index contributed by atoms with van der Waals surface area (Å²) in [5.74, 6) is 1.80. The second-order valence-electron chi connectivity index (χ2n) is 7.99. The first-order valence-corrected chi connectivity index (χ1v) is 11.2. The largest absolute Gasteiger partial charge is 0.493 e. The number of nitrogens with zero attached hydrogens (tertiary/aromatic N) is 2. The maximum absolute atomic E-state index is 5.62. The summed E-state index contributed by atoms with van der Waals surface area (Å²) in [5.41, 5.74) is 5.55. The first-order valence-electron chi connectivity index (χ1n) is 11.2. The van der Waals surface area contributed by atoms with Gasteiger partial charge in [-0.3, -0.25) is 0 Å². The van der Waals surface area contributed by atoms with E-state index in [1.54, 1.807) is 21.3 Å². The topological polar surface area (TPSA) is 36.5 Å². The minimum atomic E-state index is 0.00981. The van der Waals surface area contributed by atoms with Crippen molar-refractivity contribution in [3.8, 4) is 22.9 Å². The Bertz CT molecular complexity index is 1350. The molecule has 0 aliphatic heterocycles. The summed E-state index contributed by atoms with van der Waals surface area (Å²) in [6, 6.07) is 33.5. The Morgan fingerprint density at radius 2 is 1.18 bits per heavy atom. The van der Waals surface area contributed by atoms with Crippen LogP contribution in [0.3, 0.4) is 0 Å². The molecule has 5 rings (SSSR count). The normalized spacial score (nSPS) is 11.1. The zero-order valence-electron chi connectivity index (χ0n) is 19.5. The lowest BCUT2D eigenvalue weighted by atomic mass is 9.98. The number of benzene rings is 4. The van der Waals surface area contributed by atoms with Gasteiger partial charge < -0.3 is 14.2 Å². The lowest BCUT2D eigenvalue weighted by Crippen LogP contribution is -2.39. The van der Waals surface area contributed by atoms with Gasteiger partial charge in [0.1, 0.15) is 5.69 Å². The van der Waals surface area contributed by atoms with E-state index in [0.29, 0.717) is 17.2 Å². The zero-order chi connectivity index (χ0) is 23.5. The van der Waals surface area contributed by atoms with Gasteiger partial charge in [-0.05, 0) is 12.1 Å². The van der Waals surface area contributed by atoms with Crippen LogP contribution in [0, 0.1) is 0 Å². The van der Waals surface area contributed by atoms with Gasteiger partial charge in [-0.1, -0.05) is 72.8 Å². The number of aromatic nitrogens is 2. The molecule has 0 N–H and O–H groups in total. The molecule has 0 unspecified atom stereocenters. The summed E-state index contributed by atoms with van der Waals surface area (Å²) in [6.45, 7) is 0.